The minimum Gasteiger partial charge on any atom is -0.465 e. The summed E-state index contributed by atoms with van der Waals surface area (Å²) in [5.41, 5.74) is -1.69. The number of hydrogen-bond donors (Lipinski definition) is 0. The van der Waals surface area contributed by atoms with Gasteiger partial charge >= 0.3 is 5.97 Å². The molecule has 0 saturated heterocycles. The first-order chi connectivity index (χ1) is 7.48. The molecule has 0 fully saturated rings. The quantitative estimate of drug-likeness (QED) is 0.514. The Bertz CT molecular complexity index is 350. The van der Waals surface area contributed by atoms with Crippen LogP contribution in [0.15, 0.2) is 0 Å². The van der Waals surface area contributed by atoms with Gasteiger partial charge in [-0.1, -0.05) is 6.92 Å². The molecule has 0 aromatic rings. The van der Waals surface area contributed by atoms with E-state index in [-0.39, 0.29) is 13.0 Å². The summed E-state index contributed by atoms with van der Waals surface area (Å²) in [6.07, 6.45) is 0.0785. The summed E-state index contributed by atoms with van der Waals surface area (Å²) in [5, 5.41) is 17.6. The maximum absolute atomic E-state index is 11.7. The first-order valence-electron chi connectivity index (χ1n) is 4.98. The fourth-order valence-electron chi connectivity index (χ4n) is 1.33. The lowest BCUT2D eigenvalue weighted by atomic mass is 9.74. The third-order valence-electron chi connectivity index (χ3n) is 2.44. The number of esters is 1. The number of nitriles is 2. The highest BCUT2D eigenvalue weighted by Crippen LogP contribution is 2.31. The van der Waals surface area contributed by atoms with Gasteiger partial charge in [0, 0.05) is 6.42 Å². The maximum atomic E-state index is 11.7. The molecule has 86 valence electrons. The minimum absolute atomic E-state index is 0.0785. The smallest absolute Gasteiger partial charge is 0.321 e. The van der Waals surface area contributed by atoms with Gasteiger partial charge in [-0.3, -0.25) is 9.59 Å². The van der Waals surface area contributed by atoms with Gasteiger partial charge in [0.25, 0.3) is 0 Å². The van der Waals surface area contributed by atoms with Crippen molar-refractivity contribution in [1.29, 1.82) is 10.5 Å². The third-order valence-corrected chi connectivity index (χ3v) is 2.44. The average molecular weight is 222 g/mol. The second-order valence-electron chi connectivity index (χ2n) is 3.39. The number of carbonyl (C=O) groups is 2. The summed E-state index contributed by atoms with van der Waals surface area (Å²) in [6, 6.07) is 3.33. The Morgan fingerprint density at radius 1 is 1.31 bits per heavy atom. The lowest BCUT2D eigenvalue weighted by Gasteiger charge is -2.25. The van der Waals surface area contributed by atoms with Crippen molar-refractivity contribution in [2.24, 2.45) is 11.3 Å². The van der Waals surface area contributed by atoms with Crippen LogP contribution in [0.4, 0.5) is 0 Å². The predicted molar refractivity (Wildman–Crippen MR) is 54.8 cm³/mol. The van der Waals surface area contributed by atoms with E-state index in [0.717, 1.165) is 0 Å². The van der Waals surface area contributed by atoms with E-state index < -0.39 is 23.1 Å². The van der Waals surface area contributed by atoms with E-state index in [1.807, 2.05) is 0 Å². The lowest BCUT2D eigenvalue weighted by molar-refractivity contribution is -0.160. The molecule has 0 heterocycles. The molecule has 0 aromatic carbocycles. The molecule has 5 heteroatoms. The zero-order valence-corrected chi connectivity index (χ0v) is 9.61. The zero-order chi connectivity index (χ0) is 12.8. The van der Waals surface area contributed by atoms with E-state index in [1.165, 1.54) is 6.92 Å². The van der Waals surface area contributed by atoms with Gasteiger partial charge in [0.05, 0.1) is 18.7 Å². The Kier molecular flexibility index (Phi) is 5.18. The Hall–Kier alpha value is -1.88. The molecule has 0 bridgehead atoms. The Morgan fingerprint density at radius 2 is 1.81 bits per heavy atom. The number of rotatable bonds is 5. The van der Waals surface area contributed by atoms with Crippen molar-refractivity contribution < 1.29 is 14.3 Å². The highest BCUT2D eigenvalue weighted by Gasteiger charge is 2.49. The SMILES string of the molecule is CCOC(=O)C(C)(C(=O)CC)C(C#N)C#N. The van der Waals surface area contributed by atoms with Gasteiger partial charge in [-0.2, -0.15) is 10.5 Å². The Labute approximate surface area is 94.6 Å². The zero-order valence-electron chi connectivity index (χ0n) is 9.61. The Balaban J connectivity index is 5.38. The first-order valence-corrected chi connectivity index (χ1v) is 4.98. The van der Waals surface area contributed by atoms with Crippen LogP contribution in [-0.2, 0) is 14.3 Å². The molecule has 0 aromatic heterocycles. The number of hydrogen-bond acceptors (Lipinski definition) is 5. The highest BCUT2D eigenvalue weighted by molar-refractivity contribution is 6.04. The van der Waals surface area contributed by atoms with E-state index in [2.05, 4.69) is 0 Å². The van der Waals surface area contributed by atoms with Crippen LogP contribution in [0.1, 0.15) is 27.2 Å². The Morgan fingerprint density at radius 3 is 2.12 bits per heavy atom. The molecule has 0 radical (unpaired) electrons. The van der Waals surface area contributed by atoms with Crippen LogP contribution in [0, 0.1) is 34.0 Å². The molecule has 0 aliphatic rings. The van der Waals surface area contributed by atoms with Crippen LogP contribution >= 0.6 is 0 Å². The standard InChI is InChI=1S/C11H14N2O3/c1-4-9(14)11(3,8(6-12)7-13)10(15)16-5-2/h8H,4-5H2,1-3H3. The number of ether oxygens (including phenoxy) is 1. The highest BCUT2D eigenvalue weighted by atomic mass is 16.5. The van der Waals surface area contributed by atoms with Crippen LogP contribution in [0.2, 0.25) is 0 Å². The number of nitrogens with zero attached hydrogens (tertiary/aromatic N) is 2. The van der Waals surface area contributed by atoms with E-state index >= 15 is 0 Å². The number of carbonyl (C=O) groups excluding carboxylic acids is 2. The molecule has 1 unspecified atom stereocenters. The fourth-order valence-corrected chi connectivity index (χ4v) is 1.33. The van der Waals surface area contributed by atoms with E-state index in [4.69, 9.17) is 15.3 Å². The largest absolute Gasteiger partial charge is 0.465 e. The molecule has 0 saturated carbocycles. The van der Waals surface area contributed by atoms with Crippen molar-refractivity contribution in [3.63, 3.8) is 0 Å². The topological polar surface area (TPSA) is 90.9 Å². The molecule has 1 atom stereocenters. The third kappa shape index (κ3) is 2.38. The summed E-state index contributed by atoms with van der Waals surface area (Å²) < 4.78 is 4.75. The maximum Gasteiger partial charge on any atom is 0.321 e. The summed E-state index contributed by atoms with van der Waals surface area (Å²) in [7, 11) is 0. The van der Waals surface area contributed by atoms with Crippen molar-refractivity contribution >= 4 is 11.8 Å². The van der Waals surface area contributed by atoms with Crippen LogP contribution in [0.25, 0.3) is 0 Å². The molecular weight excluding hydrogens is 208 g/mol. The van der Waals surface area contributed by atoms with Gasteiger partial charge in [-0.05, 0) is 13.8 Å². The van der Waals surface area contributed by atoms with Crippen molar-refractivity contribution in [3.05, 3.63) is 0 Å². The first kappa shape index (κ1) is 14.1. The fraction of sp³-hybridized carbons (Fsp3) is 0.636. The molecule has 0 aliphatic heterocycles. The summed E-state index contributed by atoms with van der Waals surface area (Å²) in [5.74, 6) is -2.59. The molecule has 0 spiro atoms. The van der Waals surface area contributed by atoms with Gasteiger partial charge in [-0.25, -0.2) is 0 Å². The van der Waals surface area contributed by atoms with Crippen LogP contribution in [0.3, 0.4) is 0 Å². The molecule has 0 aliphatic carbocycles. The summed E-state index contributed by atoms with van der Waals surface area (Å²) in [4.78, 5) is 23.4. The van der Waals surface area contributed by atoms with Crippen LogP contribution in [-0.4, -0.2) is 18.4 Å². The molecule has 5 nitrogen and oxygen atoms in total. The van der Waals surface area contributed by atoms with Gasteiger partial charge < -0.3 is 4.74 Å². The van der Waals surface area contributed by atoms with Gasteiger partial charge in [0.2, 0.25) is 0 Å². The number of ketones is 1. The van der Waals surface area contributed by atoms with Gasteiger partial charge in [0.15, 0.2) is 17.1 Å². The summed E-state index contributed by atoms with van der Waals surface area (Å²) in [6.45, 7) is 4.57. The van der Waals surface area contributed by atoms with Gasteiger partial charge in [-0.15, -0.1) is 0 Å². The lowest BCUT2D eigenvalue weighted by Crippen LogP contribution is -2.43. The number of Topliss-reactive ketones (excluding diaryl/α,β-unsaturated/α-hetero) is 1. The van der Waals surface area contributed by atoms with E-state index in [0.29, 0.717) is 0 Å². The molecule has 0 rings (SSSR count). The van der Waals surface area contributed by atoms with Crippen LogP contribution < -0.4 is 0 Å². The second kappa shape index (κ2) is 5.87. The van der Waals surface area contributed by atoms with E-state index in [9.17, 15) is 9.59 Å². The minimum atomic E-state index is -1.69. The molecular formula is C11H14N2O3. The van der Waals surface area contributed by atoms with Crippen molar-refractivity contribution in [3.8, 4) is 12.1 Å². The molecule has 0 N–H and O–H groups in total. The monoisotopic (exact) mass is 222 g/mol. The van der Waals surface area contributed by atoms with Gasteiger partial charge in [0.1, 0.15) is 0 Å². The average Bonchev–Trinajstić information content (AvgIpc) is 2.29. The normalized spacial score (nSPS) is 13.4. The van der Waals surface area contributed by atoms with Crippen molar-refractivity contribution in [2.75, 3.05) is 6.61 Å². The second-order valence-corrected chi connectivity index (χ2v) is 3.39. The summed E-state index contributed by atoms with van der Waals surface area (Å²) >= 11 is 0. The van der Waals surface area contributed by atoms with E-state index in [1.54, 1.807) is 26.0 Å². The molecule has 0 amide bonds. The van der Waals surface area contributed by atoms with Crippen LogP contribution in [0.5, 0.6) is 0 Å². The van der Waals surface area contributed by atoms with Crippen molar-refractivity contribution in [1.82, 2.24) is 0 Å². The van der Waals surface area contributed by atoms with Crippen molar-refractivity contribution in [2.45, 2.75) is 27.2 Å². The molecule has 16 heavy (non-hydrogen) atoms. The predicted octanol–water partition coefficient (Wildman–Crippen LogP) is 1.20.